The number of carbonyl (C=O) groups excluding carboxylic acids is 8. The standard InChI is InChI=1S/C55H34O31/c56-13-6-14(57)24-26-27-30-31(55(47(27)72)46-12(5-20(62)54(46,79)53(78)86-55)41-18(61)1-8(13)42(24)82-41)29-28-25(38(69)40(71)39(29)70)23-11(4-17(60)34(65)37(23)68)49(74)81-19-7-80-48(73)9-2-15(58)32(63)35(66)21(9)22-10(3-16(59)33(64)36(22)67)50(75)83-43(19)45(85-51(28)76)44(26)84-52(30)77/h2-6,18-19,26,31,41,43-46,56-61,63-71,79H,1,7H2/t18-,19+,26-,31+,41+,43+,44-,45-,46+,54+,55-/m0/s1. The van der Waals surface area contributed by atoms with Crippen LogP contribution in [0.4, 0.5) is 0 Å². The molecule has 440 valence electrons. The number of ether oxygens (including phenoxy) is 7. The zero-order valence-electron chi connectivity index (χ0n) is 42.3. The second kappa shape index (κ2) is 16.7. The average Bonchev–Trinajstić information content (AvgIpc) is 1.66. The van der Waals surface area contributed by atoms with Gasteiger partial charge in [0.25, 0.3) is 0 Å². The molecule has 0 saturated carbocycles. The molecule has 1 saturated heterocycles. The molecule has 11 atom stereocenters. The predicted octanol–water partition coefficient (Wildman–Crippen LogP) is -0.125. The normalized spacial score (nSPS) is 28.8. The minimum Gasteiger partial charge on any atom is -0.507 e. The van der Waals surface area contributed by atoms with Gasteiger partial charge in [-0.05, 0) is 29.8 Å². The van der Waals surface area contributed by atoms with E-state index in [4.69, 9.17) is 33.2 Å². The Morgan fingerprint density at radius 3 is 1.62 bits per heavy atom. The van der Waals surface area contributed by atoms with Gasteiger partial charge in [0.2, 0.25) is 34.4 Å². The van der Waals surface area contributed by atoms with Crippen LogP contribution in [0.15, 0.2) is 47.1 Å². The maximum absolute atomic E-state index is 16.6. The van der Waals surface area contributed by atoms with Crippen LogP contribution < -0.4 is 4.74 Å². The minimum absolute atomic E-state index is 0.287. The number of aliphatic hydroxyl groups excluding tert-OH is 1. The fourth-order valence-corrected chi connectivity index (χ4v) is 13.6. The van der Waals surface area contributed by atoms with Gasteiger partial charge in [-0.25, -0.2) is 28.8 Å². The Balaban J connectivity index is 1.16. The Morgan fingerprint density at radius 2 is 1.01 bits per heavy atom. The number of hydrogen-bond acceptors (Lipinski definition) is 31. The summed E-state index contributed by atoms with van der Waals surface area (Å²) in [4.78, 5) is 122. The van der Waals surface area contributed by atoms with Crippen molar-refractivity contribution in [3.63, 3.8) is 0 Å². The fourth-order valence-electron chi connectivity index (χ4n) is 13.6. The molecule has 31 nitrogen and oxygen atoms in total. The highest BCUT2D eigenvalue weighted by molar-refractivity contribution is 6.25. The van der Waals surface area contributed by atoms with Gasteiger partial charge >= 0.3 is 35.8 Å². The van der Waals surface area contributed by atoms with Crippen LogP contribution in [0.1, 0.15) is 70.0 Å². The Bertz CT molecular complexity index is 4320. The lowest BCUT2D eigenvalue weighted by molar-refractivity contribution is -0.169. The summed E-state index contributed by atoms with van der Waals surface area (Å²) in [5, 5.41) is 185. The highest BCUT2D eigenvalue weighted by Crippen LogP contribution is 2.70. The van der Waals surface area contributed by atoms with E-state index in [0.717, 1.165) is 0 Å². The van der Waals surface area contributed by atoms with Crippen LogP contribution >= 0.6 is 0 Å². The van der Waals surface area contributed by atoms with Crippen LogP contribution in [0.25, 0.3) is 22.3 Å². The van der Waals surface area contributed by atoms with Gasteiger partial charge in [0.05, 0.1) is 51.7 Å². The summed E-state index contributed by atoms with van der Waals surface area (Å²) < 4.78 is 42.1. The van der Waals surface area contributed by atoms with Crippen molar-refractivity contribution in [2.24, 2.45) is 5.92 Å². The van der Waals surface area contributed by atoms with Crippen molar-refractivity contribution in [2.75, 3.05) is 6.61 Å². The number of ketones is 2. The highest BCUT2D eigenvalue weighted by atomic mass is 16.6. The van der Waals surface area contributed by atoms with Crippen LogP contribution in [0, 0.1) is 5.92 Å². The molecule has 8 bridgehead atoms. The lowest BCUT2D eigenvalue weighted by atomic mass is 9.64. The van der Waals surface area contributed by atoms with E-state index in [0.29, 0.717) is 24.3 Å². The smallest absolute Gasteiger partial charge is 0.348 e. The lowest BCUT2D eigenvalue weighted by Crippen LogP contribution is -2.57. The van der Waals surface area contributed by atoms with Crippen molar-refractivity contribution in [2.45, 2.75) is 66.1 Å². The summed E-state index contributed by atoms with van der Waals surface area (Å²) in [6, 6.07) is 1.60. The van der Waals surface area contributed by atoms with Gasteiger partial charge in [0, 0.05) is 57.0 Å². The molecular formula is C55H34O31. The van der Waals surface area contributed by atoms with Gasteiger partial charge in [0.15, 0.2) is 81.8 Å². The van der Waals surface area contributed by atoms with Crippen LogP contribution in [0.3, 0.4) is 0 Å². The van der Waals surface area contributed by atoms with Crippen molar-refractivity contribution in [3.8, 4) is 108 Å². The van der Waals surface area contributed by atoms with E-state index in [1.807, 2.05) is 0 Å². The Hall–Kier alpha value is -11.3. The van der Waals surface area contributed by atoms with E-state index in [-0.39, 0.29) is 6.07 Å². The first kappa shape index (κ1) is 52.7. The third-order valence-electron chi connectivity index (χ3n) is 17.2. The molecule has 7 aliphatic heterocycles. The van der Waals surface area contributed by atoms with E-state index < -0.39 is 290 Å². The second-order valence-corrected chi connectivity index (χ2v) is 21.3. The molecule has 2 aliphatic carbocycles. The SMILES string of the molecule is O=C1O[C@@H]2[C@H]3OC(=O)c4c(c(O)c(O)c(O)c4[C@@H]4C1=C1C(=O)[C@]45OC(=O)[C@@]4(O)C(=O)C=C([C@H]6Oc7c(c(O)cc(O)c7[C@@H]12)C[C@@H]6O)[C@H]45)-c1c(cc(O)c(O)c1O)C(=O)O[C@@H]1COC(=O)c2cc(O)c(O)c(O)c2-c2c(cc(O)c(O)c2O)C(=O)O[C@@H]31. The number of rotatable bonds is 0. The Morgan fingerprint density at radius 1 is 0.477 bits per heavy atom. The number of carbonyl (C=O) groups is 8. The van der Waals surface area contributed by atoms with E-state index in [9.17, 15) is 96.1 Å². The number of cyclic esters (lactones) is 1. The van der Waals surface area contributed by atoms with Gasteiger partial charge < -0.3 is 115 Å². The molecular weight excluding hydrogens is 1160 g/mol. The van der Waals surface area contributed by atoms with Crippen LogP contribution in [0.5, 0.6) is 86.2 Å². The second-order valence-electron chi connectivity index (χ2n) is 21.3. The first-order chi connectivity index (χ1) is 40.6. The summed E-state index contributed by atoms with van der Waals surface area (Å²) in [5.41, 5.74) is -23.5. The monoisotopic (exact) mass is 1190 g/mol. The number of aromatic hydroxyl groups is 14. The van der Waals surface area contributed by atoms with Crippen molar-refractivity contribution in [1.29, 1.82) is 0 Å². The summed E-state index contributed by atoms with van der Waals surface area (Å²) in [6.07, 6.45) is -15.7. The van der Waals surface area contributed by atoms with Crippen LogP contribution in [0.2, 0.25) is 0 Å². The van der Waals surface area contributed by atoms with Crippen molar-refractivity contribution in [1.82, 2.24) is 0 Å². The summed E-state index contributed by atoms with van der Waals surface area (Å²) in [6.45, 7) is -1.63. The first-order valence-corrected chi connectivity index (χ1v) is 25.2. The molecule has 5 aromatic carbocycles. The number of phenols is 14. The maximum atomic E-state index is 16.6. The number of hydrogen-bond donors (Lipinski definition) is 16. The molecule has 86 heavy (non-hydrogen) atoms. The first-order valence-electron chi connectivity index (χ1n) is 25.2. The van der Waals surface area contributed by atoms with Crippen molar-refractivity contribution in [3.05, 3.63) is 86.0 Å². The summed E-state index contributed by atoms with van der Waals surface area (Å²) >= 11 is 0. The highest BCUT2D eigenvalue weighted by Gasteiger charge is 2.82. The zero-order valence-corrected chi connectivity index (χ0v) is 42.3. The molecule has 0 amide bonds. The molecule has 1 spiro atoms. The number of benzene rings is 5. The number of Topliss-reactive ketones (excluding diaryl/α,β-unsaturated/α-hetero) is 1. The largest absolute Gasteiger partial charge is 0.507 e. The van der Waals surface area contributed by atoms with Crippen LogP contribution in [-0.4, -0.2) is 184 Å². The van der Waals surface area contributed by atoms with Gasteiger partial charge in [-0.3, -0.25) is 9.59 Å². The third-order valence-corrected chi connectivity index (χ3v) is 17.2. The molecule has 7 heterocycles. The number of esters is 6. The Kier molecular flexibility index (Phi) is 10.2. The molecule has 14 rings (SSSR count). The number of aliphatic hydroxyl groups is 2. The topological polar surface area (TPSA) is 525 Å². The molecule has 0 unspecified atom stereocenters. The van der Waals surface area contributed by atoms with E-state index in [1.165, 1.54) is 0 Å². The maximum Gasteiger partial charge on any atom is 0.348 e. The van der Waals surface area contributed by atoms with E-state index in [2.05, 4.69) is 0 Å². The van der Waals surface area contributed by atoms with Crippen molar-refractivity contribution >= 4 is 47.4 Å². The molecule has 0 radical (unpaired) electrons. The summed E-state index contributed by atoms with van der Waals surface area (Å²) in [5.74, 6) is -44.7. The van der Waals surface area contributed by atoms with E-state index in [1.54, 1.807) is 0 Å². The Labute approximate surface area is 472 Å². The van der Waals surface area contributed by atoms with Crippen molar-refractivity contribution < 1.29 is 153 Å². The molecule has 5 aromatic rings. The molecule has 9 aliphatic rings. The quantitative estimate of drug-likeness (QED) is 0.0416. The van der Waals surface area contributed by atoms with Gasteiger partial charge in [0.1, 0.15) is 30.0 Å². The predicted molar refractivity (Wildman–Crippen MR) is 263 cm³/mol. The molecule has 16 N–H and O–H groups in total. The zero-order chi connectivity index (χ0) is 61.5. The van der Waals surface area contributed by atoms with E-state index >= 15 is 24.0 Å². The number of phenolic OH excluding ortho intramolecular Hbond substituents is 14. The molecule has 1 fully saturated rings. The summed E-state index contributed by atoms with van der Waals surface area (Å²) in [7, 11) is 0. The molecule has 31 heteroatoms. The van der Waals surface area contributed by atoms with Gasteiger partial charge in [-0.15, -0.1) is 0 Å². The number of fused-ring (bicyclic) bond motifs is 17. The van der Waals surface area contributed by atoms with Crippen LogP contribution in [-0.2, 0) is 54.0 Å². The van der Waals surface area contributed by atoms with Gasteiger partial charge in [-0.2, -0.15) is 0 Å². The van der Waals surface area contributed by atoms with Gasteiger partial charge in [-0.1, -0.05) is 0 Å². The average molecular weight is 1190 g/mol. The molecule has 0 aromatic heterocycles. The lowest BCUT2D eigenvalue weighted by Gasteiger charge is -2.43. The third kappa shape index (κ3) is 6.13. The minimum atomic E-state index is -3.61. The fraction of sp³-hybridized carbons (Fsp3) is 0.236.